The van der Waals surface area contributed by atoms with Crippen LogP contribution in [0, 0.1) is 11.3 Å². The van der Waals surface area contributed by atoms with Crippen LogP contribution in [-0.4, -0.2) is 20.2 Å². The zero-order valence-electron chi connectivity index (χ0n) is 19.0. The molecule has 3 heteroatoms. The summed E-state index contributed by atoms with van der Waals surface area (Å²) in [7, 11) is -2.58. The van der Waals surface area contributed by atoms with Crippen molar-refractivity contribution in [2.24, 2.45) is 11.3 Å². The minimum absolute atomic E-state index is 0.0256. The van der Waals surface area contributed by atoms with Crippen molar-refractivity contribution < 1.29 is 9.22 Å². The molecule has 4 rings (SSSR count). The quantitative estimate of drug-likeness (QED) is 0.611. The van der Waals surface area contributed by atoms with Crippen molar-refractivity contribution in [2.75, 3.05) is 0 Å². The highest BCUT2D eigenvalue weighted by molar-refractivity contribution is 6.99. The molecular formula is C27H36O2Si. The monoisotopic (exact) mass is 420 g/mol. The maximum absolute atomic E-state index is 13.0. The van der Waals surface area contributed by atoms with Crippen LogP contribution in [0.2, 0.25) is 5.04 Å². The molecule has 2 fully saturated rings. The lowest BCUT2D eigenvalue weighted by molar-refractivity contribution is -0.141. The third kappa shape index (κ3) is 3.50. The first-order valence-electron chi connectivity index (χ1n) is 11.6. The van der Waals surface area contributed by atoms with Crippen LogP contribution in [0.15, 0.2) is 60.7 Å². The molecule has 0 radical (unpaired) electrons. The van der Waals surface area contributed by atoms with E-state index < -0.39 is 8.32 Å². The van der Waals surface area contributed by atoms with Gasteiger partial charge in [0.1, 0.15) is 5.78 Å². The van der Waals surface area contributed by atoms with Gasteiger partial charge in [-0.15, -0.1) is 0 Å². The molecule has 0 aliphatic heterocycles. The number of hydrogen-bond donors (Lipinski definition) is 0. The van der Waals surface area contributed by atoms with Crippen molar-refractivity contribution in [1.82, 2.24) is 0 Å². The minimum Gasteiger partial charge on any atom is -0.404 e. The number of fused-ring (bicyclic) bond motifs is 1. The topological polar surface area (TPSA) is 26.3 Å². The molecule has 0 aromatic heterocycles. The van der Waals surface area contributed by atoms with E-state index in [-0.39, 0.29) is 16.6 Å². The van der Waals surface area contributed by atoms with E-state index in [0.29, 0.717) is 11.7 Å². The van der Waals surface area contributed by atoms with Gasteiger partial charge in [-0.3, -0.25) is 4.79 Å². The van der Waals surface area contributed by atoms with Crippen LogP contribution in [-0.2, 0) is 9.22 Å². The van der Waals surface area contributed by atoms with Crippen molar-refractivity contribution in [1.29, 1.82) is 0 Å². The molecule has 2 aliphatic rings. The van der Waals surface area contributed by atoms with Gasteiger partial charge in [0.25, 0.3) is 8.32 Å². The summed E-state index contributed by atoms with van der Waals surface area (Å²) in [5, 5.41) is 2.64. The predicted octanol–water partition coefficient (Wildman–Crippen LogP) is 5.49. The predicted molar refractivity (Wildman–Crippen MR) is 127 cm³/mol. The molecule has 3 atom stereocenters. The van der Waals surface area contributed by atoms with Gasteiger partial charge in [-0.1, -0.05) is 88.4 Å². The standard InChI is InChI=1S/C27H36O2Si/c1-26(2,3)30(21-13-7-5-8-14-21,22-15-9-6-10-16-22)29-24-18-12-20-27(4)23(24)17-11-19-25(27)28/h5-10,13-16,23-24H,11-12,17-20H2,1-4H3/t23-,24+,27-/m0/s1. The maximum atomic E-state index is 13.0. The fourth-order valence-electron chi connectivity index (χ4n) is 6.15. The third-order valence-corrected chi connectivity index (χ3v) is 12.8. The number of carbonyl (C=O) groups is 1. The zero-order valence-corrected chi connectivity index (χ0v) is 20.0. The second-order valence-electron chi connectivity index (χ2n) is 10.6. The van der Waals surface area contributed by atoms with Crippen LogP contribution in [0.3, 0.4) is 0 Å². The highest BCUT2D eigenvalue weighted by Crippen LogP contribution is 2.51. The Hall–Kier alpha value is -1.71. The average Bonchev–Trinajstić information content (AvgIpc) is 2.73. The van der Waals surface area contributed by atoms with Crippen molar-refractivity contribution in [3.05, 3.63) is 60.7 Å². The number of ketones is 1. The van der Waals surface area contributed by atoms with E-state index in [2.05, 4.69) is 88.4 Å². The Bertz CT molecular complexity index is 831. The van der Waals surface area contributed by atoms with Gasteiger partial charge in [0.05, 0.1) is 0 Å². The summed E-state index contributed by atoms with van der Waals surface area (Å²) in [5.41, 5.74) is -0.202. The second-order valence-corrected chi connectivity index (χ2v) is 14.8. The number of rotatable bonds is 4. The van der Waals surface area contributed by atoms with Gasteiger partial charge >= 0.3 is 0 Å². The fourth-order valence-corrected chi connectivity index (χ4v) is 10.9. The van der Waals surface area contributed by atoms with E-state index in [1.807, 2.05) is 0 Å². The van der Waals surface area contributed by atoms with Crippen molar-refractivity contribution >= 4 is 24.5 Å². The lowest BCUT2D eigenvalue weighted by atomic mass is 9.59. The van der Waals surface area contributed by atoms with Crippen LogP contribution in [0.5, 0.6) is 0 Å². The first kappa shape index (κ1) is 21.5. The van der Waals surface area contributed by atoms with E-state index in [0.717, 1.165) is 38.5 Å². The van der Waals surface area contributed by atoms with Crippen LogP contribution < -0.4 is 10.4 Å². The summed E-state index contributed by atoms with van der Waals surface area (Å²) in [5.74, 6) is 0.809. The number of carbonyl (C=O) groups excluding carboxylic acids is 1. The molecule has 2 nitrogen and oxygen atoms in total. The molecule has 2 aromatic rings. The third-order valence-electron chi connectivity index (χ3n) is 7.75. The molecule has 2 saturated carbocycles. The molecule has 0 N–H and O–H groups in total. The lowest BCUT2D eigenvalue weighted by Crippen LogP contribution is -2.69. The highest BCUT2D eigenvalue weighted by Gasteiger charge is 2.55. The maximum Gasteiger partial charge on any atom is 0.261 e. The van der Waals surface area contributed by atoms with E-state index in [9.17, 15) is 4.79 Å². The number of benzene rings is 2. The van der Waals surface area contributed by atoms with Crippen molar-refractivity contribution in [2.45, 2.75) is 77.4 Å². The molecule has 0 saturated heterocycles. The van der Waals surface area contributed by atoms with E-state index >= 15 is 0 Å². The molecule has 0 amide bonds. The van der Waals surface area contributed by atoms with E-state index in [1.165, 1.54) is 10.4 Å². The van der Waals surface area contributed by atoms with Gasteiger partial charge in [-0.25, -0.2) is 0 Å². The van der Waals surface area contributed by atoms with E-state index in [4.69, 9.17) is 4.43 Å². The van der Waals surface area contributed by atoms with Gasteiger partial charge in [-0.05, 0) is 53.4 Å². The van der Waals surface area contributed by atoms with Gasteiger partial charge in [0.2, 0.25) is 0 Å². The molecule has 0 heterocycles. The van der Waals surface area contributed by atoms with Gasteiger partial charge in [0.15, 0.2) is 0 Å². The molecule has 160 valence electrons. The molecule has 2 aliphatic carbocycles. The van der Waals surface area contributed by atoms with Gasteiger partial charge < -0.3 is 4.43 Å². The molecular weight excluding hydrogens is 384 g/mol. The Labute approximate surface area is 183 Å². The SMILES string of the molecule is CC(C)(C)[Si](O[C@@H]1CCC[C@]2(C)C(=O)CCC[C@@H]12)(c1ccccc1)c1ccccc1. The summed E-state index contributed by atoms with van der Waals surface area (Å²) in [4.78, 5) is 13.0. The van der Waals surface area contributed by atoms with Crippen molar-refractivity contribution in [3.63, 3.8) is 0 Å². The van der Waals surface area contributed by atoms with Crippen LogP contribution in [0.1, 0.15) is 66.2 Å². The van der Waals surface area contributed by atoms with Gasteiger partial charge in [-0.2, -0.15) is 0 Å². The molecule has 0 unspecified atom stereocenters. The lowest BCUT2D eigenvalue weighted by Gasteiger charge is -2.52. The average molecular weight is 421 g/mol. The highest BCUT2D eigenvalue weighted by atomic mass is 28.4. The largest absolute Gasteiger partial charge is 0.404 e. The van der Waals surface area contributed by atoms with Crippen molar-refractivity contribution in [3.8, 4) is 0 Å². The summed E-state index contributed by atoms with van der Waals surface area (Å²) in [6, 6.07) is 21.8. The Morgan fingerprint density at radius 1 is 0.900 bits per heavy atom. The Kier molecular flexibility index (Phi) is 5.80. The normalized spacial score (nSPS) is 27.5. The summed E-state index contributed by atoms with van der Waals surface area (Å²) in [6.07, 6.45) is 6.21. The number of Topliss-reactive ketones (excluding diaryl/α,β-unsaturated/α-hetero) is 1. The Morgan fingerprint density at radius 2 is 1.47 bits per heavy atom. The Morgan fingerprint density at radius 3 is 2.00 bits per heavy atom. The zero-order chi connectivity index (χ0) is 21.4. The fraction of sp³-hybridized carbons (Fsp3) is 0.519. The van der Waals surface area contributed by atoms with E-state index in [1.54, 1.807) is 0 Å². The summed E-state index contributed by atoms with van der Waals surface area (Å²) in [6.45, 7) is 9.24. The molecule has 0 bridgehead atoms. The minimum atomic E-state index is -2.58. The van der Waals surface area contributed by atoms with Crippen LogP contribution in [0.25, 0.3) is 0 Å². The summed E-state index contributed by atoms with van der Waals surface area (Å²) >= 11 is 0. The van der Waals surface area contributed by atoms with Crippen LogP contribution >= 0.6 is 0 Å². The summed E-state index contributed by atoms with van der Waals surface area (Å²) < 4.78 is 7.49. The smallest absolute Gasteiger partial charge is 0.261 e. The first-order chi connectivity index (χ1) is 14.3. The first-order valence-corrected chi connectivity index (χ1v) is 13.5. The van der Waals surface area contributed by atoms with Crippen LogP contribution in [0.4, 0.5) is 0 Å². The van der Waals surface area contributed by atoms with Gasteiger partial charge in [0, 0.05) is 17.9 Å². The second kappa shape index (κ2) is 8.09. The Balaban J connectivity index is 1.84. The molecule has 2 aromatic carbocycles. The molecule has 30 heavy (non-hydrogen) atoms. The number of hydrogen-bond acceptors (Lipinski definition) is 2. The molecule has 0 spiro atoms.